The number of piperidine rings is 1. The van der Waals surface area contributed by atoms with Crippen LogP contribution >= 0.6 is 0 Å². The first-order valence-corrected chi connectivity index (χ1v) is 10.0. The highest BCUT2D eigenvalue weighted by Crippen LogP contribution is 2.17. The Bertz CT molecular complexity index is 1060. The minimum Gasteiger partial charge on any atom is -0.384 e. The van der Waals surface area contributed by atoms with Gasteiger partial charge < -0.3 is 11.5 Å². The highest BCUT2D eigenvalue weighted by molar-refractivity contribution is 6.01. The van der Waals surface area contributed by atoms with Crippen molar-refractivity contribution in [1.29, 1.82) is 0 Å². The molecule has 1 saturated heterocycles. The van der Waals surface area contributed by atoms with Gasteiger partial charge in [0.2, 0.25) is 5.91 Å². The van der Waals surface area contributed by atoms with Crippen LogP contribution in [0.15, 0.2) is 39.9 Å². The molecule has 0 aliphatic carbocycles. The molecule has 0 unspecified atom stereocenters. The number of carbonyl (C=O) groups is 2. The summed E-state index contributed by atoms with van der Waals surface area (Å²) in [6.45, 7) is 2.88. The molecule has 0 saturated carbocycles. The minimum atomic E-state index is -0.683. The molecule has 160 valence electrons. The molecule has 1 amide bonds. The molecule has 1 aromatic heterocycles. The lowest BCUT2D eigenvalue weighted by Crippen LogP contribution is -2.47. The molecule has 30 heavy (non-hydrogen) atoms. The lowest BCUT2D eigenvalue weighted by Gasteiger charge is -2.30. The van der Waals surface area contributed by atoms with E-state index in [0.717, 1.165) is 16.6 Å². The second-order valence-electron chi connectivity index (χ2n) is 7.56. The Morgan fingerprint density at radius 3 is 2.47 bits per heavy atom. The van der Waals surface area contributed by atoms with Crippen molar-refractivity contribution in [1.82, 2.24) is 14.0 Å². The van der Waals surface area contributed by atoms with Crippen LogP contribution in [0.2, 0.25) is 0 Å². The number of Topliss-reactive ketones (excluding diaryl/α,β-unsaturated/α-hetero) is 1. The van der Waals surface area contributed by atoms with Gasteiger partial charge in [-0.15, -0.1) is 0 Å². The van der Waals surface area contributed by atoms with Crippen LogP contribution in [0.3, 0.4) is 0 Å². The Morgan fingerprint density at radius 1 is 1.13 bits per heavy atom. The fraction of sp³-hybridized carbons (Fsp3) is 0.429. The topological polar surface area (TPSA) is 133 Å². The SMILES string of the molecule is CCn1c(=O)c(C(=O)CN2CCC[C@H](C(N)=O)C2)c(N)n(Cc2ccccc2)c1=O. The monoisotopic (exact) mass is 413 g/mol. The summed E-state index contributed by atoms with van der Waals surface area (Å²) in [5.74, 6) is -1.31. The van der Waals surface area contributed by atoms with E-state index in [-0.39, 0.29) is 36.9 Å². The van der Waals surface area contributed by atoms with E-state index in [2.05, 4.69) is 0 Å². The summed E-state index contributed by atoms with van der Waals surface area (Å²) >= 11 is 0. The van der Waals surface area contributed by atoms with Gasteiger partial charge in [0.1, 0.15) is 11.4 Å². The standard InChI is InChI=1S/C21H27N5O4/c1-2-25-20(29)17(16(27)13-24-10-6-9-15(12-24)19(23)28)18(22)26(21(25)30)11-14-7-4-3-5-8-14/h3-5,7-8,15H,2,6,9-13,22H2,1H3,(H2,23,28)/t15-/m0/s1. The highest BCUT2D eigenvalue weighted by Gasteiger charge is 2.28. The summed E-state index contributed by atoms with van der Waals surface area (Å²) in [4.78, 5) is 52.0. The van der Waals surface area contributed by atoms with E-state index in [1.807, 2.05) is 35.2 Å². The number of likely N-dealkylation sites (tertiary alicyclic amines) is 1. The number of hydrogen-bond donors (Lipinski definition) is 2. The molecule has 1 aromatic carbocycles. The number of benzene rings is 1. The third-order valence-corrected chi connectivity index (χ3v) is 5.52. The molecular weight excluding hydrogens is 386 g/mol. The van der Waals surface area contributed by atoms with Crippen molar-refractivity contribution in [3.63, 3.8) is 0 Å². The average molecular weight is 413 g/mol. The molecule has 2 aromatic rings. The maximum atomic E-state index is 13.0. The Hall–Kier alpha value is -3.20. The first kappa shape index (κ1) is 21.5. The second-order valence-corrected chi connectivity index (χ2v) is 7.56. The smallest absolute Gasteiger partial charge is 0.332 e. The molecule has 0 bridgehead atoms. The van der Waals surface area contributed by atoms with Crippen molar-refractivity contribution in [2.75, 3.05) is 25.4 Å². The van der Waals surface area contributed by atoms with Gasteiger partial charge in [0.05, 0.1) is 19.0 Å². The number of amides is 1. The molecular formula is C21H27N5O4. The number of nitrogens with zero attached hydrogens (tertiary/aromatic N) is 3. The van der Waals surface area contributed by atoms with Gasteiger partial charge in [-0.1, -0.05) is 30.3 Å². The number of hydrogen-bond acceptors (Lipinski definition) is 6. The van der Waals surface area contributed by atoms with E-state index < -0.39 is 22.9 Å². The molecule has 0 spiro atoms. The van der Waals surface area contributed by atoms with Gasteiger partial charge in [-0.2, -0.15) is 0 Å². The lowest BCUT2D eigenvalue weighted by atomic mass is 9.97. The molecule has 9 nitrogen and oxygen atoms in total. The van der Waals surface area contributed by atoms with Crippen molar-refractivity contribution >= 4 is 17.5 Å². The van der Waals surface area contributed by atoms with E-state index in [0.29, 0.717) is 19.5 Å². The molecule has 1 atom stereocenters. The zero-order valence-electron chi connectivity index (χ0n) is 17.0. The van der Waals surface area contributed by atoms with Crippen LogP contribution in [0, 0.1) is 5.92 Å². The summed E-state index contributed by atoms with van der Waals surface area (Å²) < 4.78 is 2.28. The van der Waals surface area contributed by atoms with Crippen LogP contribution in [0.1, 0.15) is 35.7 Å². The molecule has 0 radical (unpaired) electrons. The number of ketones is 1. The van der Waals surface area contributed by atoms with Crippen molar-refractivity contribution in [2.45, 2.75) is 32.9 Å². The van der Waals surface area contributed by atoms with Crippen LogP contribution in [0.4, 0.5) is 5.82 Å². The normalized spacial score (nSPS) is 17.0. The van der Waals surface area contributed by atoms with E-state index in [4.69, 9.17) is 11.5 Å². The highest BCUT2D eigenvalue weighted by atomic mass is 16.2. The number of rotatable bonds is 7. The van der Waals surface area contributed by atoms with Gasteiger partial charge in [0.25, 0.3) is 5.56 Å². The van der Waals surface area contributed by atoms with Crippen LogP contribution in [-0.4, -0.2) is 45.4 Å². The molecule has 4 N–H and O–H groups in total. The van der Waals surface area contributed by atoms with E-state index >= 15 is 0 Å². The van der Waals surface area contributed by atoms with E-state index in [9.17, 15) is 19.2 Å². The Balaban J connectivity index is 1.96. The zero-order chi connectivity index (χ0) is 21.8. The lowest BCUT2D eigenvalue weighted by molar-refractivity contribution is -0.123. The number of primary amides is 1. The zero-order valence-corrected chi connectivity index (χ0v) is 17.0. The number of carbonyl (C=O) groups excluding carboxylic acids is 2. The Labute approximate surface area is 173 Å². The maximum absolute atomic E-state index is 13.0. The fourth-order valence-electron chi connectivity index (χ4n) is 3.89. The average Bonchev–Trinajstić information content (AvgIpc) is 2.72. The molecule has 3 rings (SSSR count). The molecule has 1 fully saturated rings. The van der Waals surface area contributed by atoms with Gasteiger partial charge in [0.15, 0.2) is 5.78 Å². The Kier molecular flexibility index (Phi) is 6.51. The molecule has 1 aliphatic heterocycles. The number of nitrogen functional groups attached to an aromatic ring is 1. The molecule has 9 heteroatoms. The summed E-state index contributed by atoms with van der Waals surface area (Å²) in [5.41, 5.74) is 11.0. The van der Waals surface area contributed by atoms with Gasteiger partial charge >= 0.3 is 5.69 Å². The van der Waals surface area contributed by atoms with Crippen molar-refractivity contribution in [3.8, 4) is 0 Å². The first-order chi connectivity index (χ1) is 14.3. The summed E-state index contributed by atoms with van der Waals surface area (Å²) in [6, 6.07) is 9.21. The number of anilines is 1. The number of aromatic nitrogens is 2. The van der Waals surface area contributed by atoms with Crippen LogP contribution in [0.25, 0.3) is 0 Å². The molecule has 1 aliphatic rings. The van der Waals surface area contributed by atoms with Crippen LogP contribution in [-0.2, 0) is 17.9 Å². The first-order valence-electron chi connectivity index (χ1n) is 10.0. The predicted molar refractivity (Wildman–Crippen MR) is 113 cm³/mol. The van der Waals surface area contributed by atoms with Gasteiger partial charge in [-0.05, 0) is 31.9 Å². The van der Waals surface area contributed by atoms with E-state index in [1.165, 1.54) is 4.57 Å². The Morgan fingerprint density at radius 2 is 1.83 bits per heavy atom. The minimum absolute atomic E-state index is 0.0591. The second kappa shape index (κ2) is 9.08. The summed E-state index contributed by atoms with van der Waals surface area (Å²) in [6.07, 6.45) is 1.43. The van der Waals surface area contributed by atoms with Gasteiger partial charge in [-0.25, -0.2) is 4.79 Å². The fourth-order valence-corrected chi connectivity index (χ4v) is 3.89. The number of nitrogens with two attached hydrogens (primary N) is 2. The van der Waals surface area contributed by atoms with Crippen molar-refractivity contribution in [3.05, 3.63) is 62.3 Å². The third-order valence-electron chi connectivity index (χ3n) is 5.52. The third kappa shape index (κ3) is 4.35. The summed E-state index contributed by atoms with van der Waals surface area (Å²) in [7, 11) is 0. The quantitative estimate of drug-likeness (QED) is 0.616. The maximum Gasteiger partial charge on any atom is 0.332 e. The van der Waals surface area contributed by atoms with Crippen molar-refractivity contribution in [2.24, 2.45) is 11.7 Å². The van der Waals surface area contributed by atoms with Crippen LogP contribution < -0.4 is 22.7 Å². The van der Waals surface area contributed by atoms with Gasteiger partial charge in [0, 0.05) is 13.1 Å². The molecule has 2 heterocycles. The van der Waals surface area contributed by atoms with Crippen molar-refractivity contribution < 1.29 is 9.59 Å². The van der Waals surface area contributed by atoms with Crippen LogP contribution in [0.5, 0.6) is 0 Å². The van der Waals surface area contributed by atoms with Gasteiger partial charge in [-0.3, -0.25) is 28.4 Å². The largest absolute Gasteiger partial charge is 0.384 e. The predicted octanol–water partition coefficient (Wildman–Crippen LogP) is 0.0404. The van der Waals surface area contributed by atoms with E-state index in [1.54, 1.807) is 6.92 Å². The summed E-state index contributed by atoms with van der Waals surface area (Å²) in [5, 5.41) is 0.